The molecule has 1 aromatic heterocycles. The average molecular weight is 443 g/mol. The van der Waals surface area contributed by atoms with E-state index in [1.165, 1.54) is 23.5 Å². The van der Waals surface area contributed by atoms with Crippen LogP contribution in [0.2, 0.25) is 0 Å². The smallest absolute Gasteiger partial charge is 0.270 e. The van der Waals surface area contributed by atoms with Gasteiger partial charge in [0.15, 0.2) is 0 Å². The van der Waals surface area contributed by atoms with E-state index < -0.39 is 16.7 Å². The fraction of sp³-hybridized carbons (Fsp3) is 0.455. The average Bonchev–Trinajstić information content (AvgIpc) is 3.10. The molecule has 0 spiro atoms. The van der Waals surface area contributed by atoms with Crippen LogP contribution in [0.1, 0.15) is 63.8 Å². The summed E-state index contributed by atoms with van der Waals surface area (Å²) >= 11 is 1.39. The second-order valence-corrected chi connectivity index (χ2v) is 9.49. The van der Waals surface area contributed by atoms with Crippen LogP contribution in [0.4, 0.5) is 16.4 Å². The molecule has 1 unspecified atom stereocenters. The molecule has 9 heteroatoms. The Morgan fingerprint density at radius 2 is 2.00 bits per heavy atom. The summed E-state index contributed by atoms with van der Waals surface area (Å²) in [6.07, 6.45) is 5.75. The van der Waals surface area contributed by atoms with Crippen LogP contribution >= 0.6 is 11.3 Å². The summed E-state index contributed by atoms with van der Waals surface area (Å²) < 4.78 is 0. The highest BCUT2D eigenvalue weighted by Crippen LogP contribution is 2.40. The molecule has 4 rings (SSSR count). The maximum absolute atomic E-state index is 13.3. The number of fused-ring (bicyclic) bond motifs is 1. The number of rotatable bonds is 5. The van der Waals surface area contributed by atoms with Crippen molar-refractivity contribution in [1.29, 1.82) is 0 Å². The van der Waals surface area contributed by atoms with Gasteiger partial charge in [0, 0.05) is 30.1 Å². The second-order valence-electron chi connectivity index (χ2n) is 8.38. The molecule has 3 N–H and O–H groups in total. The molecular weight excluding hydrogens is 416 g/mol. The van der Waals surface area contributed by atoms with Crippen molar-refractivity contribution in [1.82, 2.24) is 0 Å². The van der Waals surface area contributed by atoms with Gasteiger partial charge in [-0.3, -0.25) is 19.7 Å². The van der Waals surface area contributed by atoms with Crippen LogP contribution < -0.4 is 16.0 Å². The van der Waals surface area contributed by atoms with Gasteiger partial charge in [-0.2, -0.15) is 0 Å². The van der Waals surface area contributed by atoms with Crippen molar-refractivity contribution in [2.75, 3.05) is 23.3 Å². The van der Waals surface area contributed by atoms with E-state index in [9.17, 15) is 19.7 Å². The molecule has 0 saturated carbocycles. The quantitative estimate of drug-likeness (QED) is 0.533. The number of carbonyl (C=O) groups excluding carboxylic acids is 2. The van der Waals surface area contributed by atoms with Crippen LogP contribution in [0, 0.1) is 16.0 Å². The largest absolute Gasteiger partial charge is 0.371 e. The third-order valence-electron chi connectivity index (χ3n) is 6.12. The Labute approximate surface area is 184 Å². The third-order valence-corrected chi connectivity index (χ3v) is 7.29. The molecule has 164 valence electrons. The van der Waals surface area contributed by atoms with E-state index in [0.717, 1.165) is 62.1 Å². The second kappa shape index (κ2) is 8.66. The third kappa shape index (κ3) is 4.27. The van der Waals surface area contributed by atoms with Crippen molar-refractivity contribution in [3.05, 3.63) is 49.9 Å². The molecule has 1 fully saturated rings. The summed E-state index contributed by atoms with van der Waals surface area (Å²) in [7, 11) is 0. The topological polar surface area (TPSA) is 119 Å². The van der Waals surface area contributed by atoms with Crippen LogP contribution in [-0.2, 0) is 12.8 Å². The fourth-order valence-electron chi connectivity index (χ4n) is 4.50. The van der Waals surface area contributed by atoms with E-state index in [1.807, 2.05) is 0 Å². The van der Waals surface area contributed by atoms with Crippen molar-refractivity contribution in [2.45, 2.75) is 45.4 Å². The number of nitrogens with two attached hydrogens (primary N) is 1. The number of nitro benzene ring substituents is 1. The van der Waals surface area contributed by atoms with Gasteiger partial charge in [-0.15, -0.1) is 11.3 Å². The SMILES string of the molecule is CC1CCc2c(sc(NC(=O)c3cc([N+](=O)[O-])ccc3N3CCCCC3)c2C(N)=O)C1. The normalized spacial score (nSPS) is 18.4. The number of nitrogens with one attached hydrogen (secondary N) is 1. The molecular formula is C22H26N4O4S. The van der Waals surface area contributed by atoms with Crippen molar-refractivity contribution in [2.24, 2.45) is 11.7 Å². The first-order valence-electron chi connectivity index (χ1n) is 10.6. The maximum Gasteiger partial charge on any atom is 0.270 e. The lowest BCUT2D eigenvalue weighted by atomic mass is 9.88. The zero-order valence-corrected chi connectivity index (χ0v) is 18.3. The number of hydrogen-bond donors (Lipinski definition) is 2. The Hall–Kier alpha value is -2.94. The Kier molecular flexibility index (Phi) is 5.95. The predicted molar refractivity (Wildman–Crippen MR) is 121 cm³/mol. The summed E-state index contributed by atoms with van der Waals surface area (Å²) in [6, 6.07) is 4.40. The zero-order chi connectivity index (χ0) is 22.1. The number of nitrogens with zero attached hydrogens (tertiary/aromatic N) is 2. The number of thiophene rings is 1. The van der Waals surface area contributed by atoms with Crippen LogP contribution in [0.25, 0.3) is 0 Å². The van der Waals surface area contributed by atoms with Gasteiger partial charge in [0.25, 0.3) is 17.5 Å². The molecule has 2 heterocycles. The van der Waals surface area contributed by atoms with Crippen molar-refractivity contribution >= 4 is 39.5 Å². The molecule has 0 radical (unpaired) electrons. The number of non-ortho nitro benzene ring substituents is 1. The van der Waals surface area contributed by atoms with E-state index in [2.05, 4.69) is 17.1 Å². The molecule has 0 bridgehead atoms. The number of carbonyl (C=O) groups is 2. The first-order chi connectivity index (χ1) is 14.8. The van der Waals surface area contributed by atoms with Crippen molar-refractivity contribution in [3.8, 4) is 0 Å². The molecule has 1 saturated heterocycles. The maximum atomic E-state index is 13.3. The first kappa shape index (κ1) is 21.3. The predicted octanol–water partition coefficient (Wildman–Crippen LogP) is 4.12. The highest BCUT2D eigenvalue weighted by atomic mass is 32.1. The van der Waals surface area contributed by atoms with Gasteiger partial charge in [-0.25, -0.2) is 0 Å². The summed E-state index contributed by atoms with van der Waals surface area (Å²) in [5.41, 5.74) is 7.76. The first-order valence-corrected chi connectivity index (χ1v) is 11.5. The minimum atomic E-state index is -0.558. The molecule has 1 aliphatic carbocycles. The van der Waals surface area contributed by atoms with Crippen LogP contribution in [0.3, 0.4) is 0 Å². The number of anilines is 2. The number of hydrogen-bond acceptors (Lipinski definition) is 6. The van der Waals surface area contributed by atoms with E-state index in [-0.39, 0.29) is 11.3 Å². The van der Waals surface area contributed by atoms with Gasteiger partial charge in [0.05, 0.1) is 21.7 Å². The number of primary amides is 1. The van der Waals surface area contributed by atoms with E-state index in [0.29, 0.717) is 22.2 Å². The highest BCUT2D eigenvalue weighted by molar-refractivity contribution is 7.17. The van der Waals surface area contributed by atoms with Crippen LogP contribution in [0.15, 0.2) is 18.2 Å². The molecule has 31 heavy (non-hydrogen) atoms. The lowest BCUT2D eigenvalue weighted by molar-refractivity contribution is -0.384. The van der Waals surface area contributed by atoms with Crippen LogP contribution in [0.5, 0.6) is 0 Å². The lowest BCUT2D eigenvalue weighted by Crippen LogP contribution is -2.31. The number of benzene rings is 1. The van der Waals surface area contributed by atoms with E-state index in [1.54, 1.807) is 6.07 Å². The van der Waals surface area contributed by atoms with Gasteiger partial charge >= 0.3 is 0 Å². The Morgan fingerprint density at radius 1 is 1.26 bits per heavy atom. The summed E-state index contributed by atoms with van der Waals surface area (Å²) in [6.45, 7) is 3.77. The monoisotopic (exact) mass is 442 g/mol. The van der Waals surface area contributed by atoms with E-state index in [4.69, 9.17) is 5.73 Å². The molecule has 2 aromatic rings. The number of piperidine rings is 1. The standard InChI is InChI=1S/C22H26N4O4S/c1-13-5-7-15-18(11-13)31-22(19(15)20(23)27)24-21(28)16-12-14(26(29)30)6-8-17(16)25-9-3-2-4-10-25/h6,8,12-13H,2-5,7,9-11H2,1H3,(H2,23,27)(H,24,28). The van der Waals surface area contributed by atoms with Crippen molar-refractivity contribution in [3.63, 3.8) is 0 Å². The molecule has 1 aromatic carbocycles. The minimum Gasteiger partial charge on any atom is -0.371 e. The highest BCUT2D eigenvalue weighted by Gasteiger charge is 2.29. The summed E-state index contributed by atoms with van der Waals surface area (Å²) in [4.78, 5) is 39.5. The molecule has 2 amide bonds. The van der Waals surface area contributed by atoms with Crippen molar-refractivity contribution < 1.29 is 14.5 Å². The van der Waals surface area contributed by atoms with Crippen LogP contribution in [-0.4, -0.2) is 29.8 Å². The number of nitro groups is 1. The van der Waals surface area contributed by atoms with Gasteiger partial charge in [-0.1, -0.05) is 6.92 Å². The zero-order valence-electron chi connectivity index (χ0n) is 17.5. The van der Waals surface area contributed by atoms with Gasteiger partial charge < -0.3 is 16.0 Å². The number of amides is 2. The molecule has 2 aliphatic rings. The Balaban J connectivity index is 1.71. The van der Waals surface area contributed by atoms with Gasteiger partial charge in [0.2, 0.25) is 0 Å². The summed E-state index contributed by atoms with van der Waals surface area (Å²) in [5.74, 6) is -0.506. The summed E-state index contributed by atoms with van der Waals surface area (Å²) in [5, 5.41) is 14.6. The molecule has 1 atom stereocenters. The van der Waals surface area contributed by atoms with Gasteiger partial charge in [-0.05, 0) is 56.1 Å². The molecule has 1 aliphatic heterocycles. The Bertz CT molecular complexity index is 1040. The minimum absolute atomic E-state index is 0.139. The lowest BCUT2D eigenvalue weighted by Gasteiger charge is -2.30. The Morgan fingerprint density at radius 3 is 2.68 bits per heavy atom. The fourth-order valence-corrected chi connectivity index (χ4v) is 5.91. The molecule has 8 nitrogen and oxygen atoms in total. The van der Waals surface area contributed by atoms with E-state index >= 15 is 0 Å². The van der Waals surface area contributed by atoms with Gasteiger partial charge in [0.1, 0.15) is 5.00 Å².